The first-order valence-electron chi connectivity index (χ1n) is 6.26. The van der Waals surface area contributed by atoms with Gasteiger partial charge in [0.15, 0.2) is 6.10 Å². The van der Waals surface area contributed by atoms with Gasteiger partial charge >= 0.3 is 0 Å². The lowest BCUT2D eigenvalue weighted by molar-refractivity contribution is -0.128. The summed E-state index contributed by atoms with van der Waals surface area (Å²) in [5.41, 5.74) is 0. The molecule has 4 nitrogen and oxygen atoms in total. The Kier molecular flexibility index (Phi) is 6.87. The molecule has 1 aromatic rings. The lowest BCUT2D eigenvalue weighted by atomic mass is 10.2. The Morgan fingerprint density at radius 1 is 1.33 bits per heavy atom. The van der Waals surface area contributed by atoms with E-state index in [1.807, 2.05) is 37.3 Å². The van der Waals surface area contributed by atoms with Crippen LogP contribution < -0.4 is 10.1 Å². The standard InChI is InChI=1S/C14H21NO3/c1-3-13(14(16)15-10-7-11-17-2)18-12-8-5-4-6-9-12/h4-6,8-9,13H,3,7,10-11H2,1-2H3,(H,15,16)/t13-/m1/s1. The molecule has 0 radical (unpaired) electrons. The van der Waals surface area contributed by atoms with Gasteiger partial charge in [-0.05, 0) is 25.0 Å². The summed E-state index contributed by atoms with van der Waals surface area (Å²) in [6.07, 6.45) is 1.02. The van der Waals surface area contributed by atoms with Gasteiger partial charge in [-0.25, -0.2) is 0 Å². The smallest absolute Gasteiger partial charge is 0.261 e. The van der Waals surface area contributed by atoms with E-state index in [0.717, 1.165) is 12.2 Å². The van der Waals surface area contributed by atoms with Gasteiger partial charge in [0.2, 0.25) is 0 Å². The van der Waals surface area contributed by atoms with E-state index < -0.39 is 6.10 Å². The molecule has 1 atom stereocenters. The minimum atomic E-state index is -0.435. The van der Waals surface area contributed by atoms with Crippen molar-refractivity contribution in [1.82, 2.24) is 5.32 Å². The van der Waals surface area contributed by atoms with E-state index >= 15 is 0 Å². The molecule has 0 saturated heterocycles. The third-order valence-corrected chi connectivity index (χ3v) is 2.51. The summed E-state index contributed by atoms with van der Waals surface area (Å²) < 4.78 is 10.6. The molecule has 0 heterocycles. The number of nitrogens with one attached hydrogen (secondary N) is 1. The van der Waals surface area contributed by atoms with Gasteiger partial charge in [0.05, 0.1) is 0 Å². The van der Waals surface area contributed by atoms with Gasteiger partial charge in [0.25, 0.3) is 5.91 Å². The van der Waals surface area contributed by atoms with E-state index in [-0.39, 0.29) is 5.91 Å². The minimum Gasteiger partial charge on any atom is -0.481 e. The highest BCUT2D eigenvalue weighted by atomic mass is 16.5. The number of benzene rings is 1. The highest BCUT2D eigenvalue weighted by Gasteiger charge is 2.17. The third kappa shape index (κ3) is 5.19. The summed E-state index contributed by atoms with van der Waals surface area (Å²) in [7, 11) is 1.65. The topological polar surface area (TPSA) is 47.6 Å². The molecule has 0 aliphatic rings. The Bertz CT molecular complexity index is 340. The highest BCUT2D eigenvalue weighted by Crippen LogP contribution is 2.12. The molecule has 1 amide bonds. The summed E-state index contributed by atoms with van der Waals surface area (Å²) in [6.45, 7) is 3.19. The first kappa shape index (κ1) is 14.5. The molecule has 0 saturated carbocycles. The molecule has 18 heavy (non-hydrogen) atoms. The van der Waals surface area contributed by atoms with Crippen molar-refractivity contribution in [2.24, 2.45) is 0 Å². The Balaban J connectivity index is 2.38. The van der Waals surface area contributed by atoms with Crippen LogP contribution in [0.1, 0.15) is 19.8 Å². The van der Waals surface area contributed by atoms with E-state index in [1.165, 1.54) is 0 Å². The SMILES string of the molecule is CC[C@@H](Oc1ccccc1)C(=O)NCCCOC. The van der Waals surface area contributed by atoms with Crippen molar-refractivity contribution in [3.8, 4) is 5.75 Å². The summed E-state index contributed by atoms with van der Waals surface area (Å²) in [4.78, 5) is 11.9. The molecule has 0 aliphatic heterocycles. The fourth-order valence-corrected chi connectivity index (χ4v) is 1.53. The van der Waals surface area contributed by atoms with E-state index in [9.17, 15) is 4.79 Å². The zero-order chi connectivity index (χ0) is 13.2. The molecule has 100 valence electrons. The van der Waals surface area contributed by atoms with Gasteiger partial charge in [-0.3, -0.25) is 4.79 Å². The lowest BCUT2D eigenvalue weighted by Gasteiger charge is -2.17. The maximum atomic E-state index is 11.9. The predicted octanol–water partition coefficient (Wildman–Crippen LogP) is 2.00. The van der Waals surface area contributed by atoms with E-state index in [1.54, 1.807) is 7.11 Å². The average Bonchev–Trinajstić information content (AvgIpc) is 2.42. The van der Waals surface area contributed by atoms with Crippen molar-refractivity contribution in [3.05, 3.63) is 30.3 Å². The van der Waals surface area contributed by atoms with Crippen molar-refractivity contribution >= 4 is 5.91 Å². The van der Waals surface area contributed by atoms with E-state index in [0.29, 0.717) is 19.6 Å². The summed E-state index contributed by atoms with van der Waals surface area (Å²) in [6, 6.07) is 9.39. The van der Waals surface area contributed by atoms with Gasteiger partial charge in [-0.15, -0.1) is 0 Å². The monoisotopic (exact) mass is 251 g/mol. The summed E-state index contributed by atoms with van der Waals surface area (Å²) >= 11 is 0. The van der Waals surface area contributed by atoms with Crippen molar-refractivity contribution in [3.63, 3.8) is 0 Å². The van der Waals surface area contributed by atoms with Crippen LogP contribution in [0.3, 0.4) is 0 Å². The van der Waals surface area contributed by atoms with Crippen molar-refractivity contribution in [1.29, 1.82) is 0 Å². The number of ether oxygens (including phenoxy) is 2. The number of carbonyl (C=O) groups excluding carboxylic acids is 1. The van der Waals surface area contributed by atoms with Crippen molar-refractivity contribution < 1.29 is 14.3 Å². The number of hydrogen-bond acceptors (Lipinski definition) is 3. The number of methoxy groups -OCH3 is 1. The number of carbonyl (C=O) groups is 1. The molecular weight excluding hydrogens is 230 g/mol. The molecule has 0 fully saturated rings. The second kappa shape index (κ2) is 8.53. The average molecular weight is 251 g/mol. The Morgan fingerprint density at radius 2 is 2.06 bits per heavy atom. The zero-order valence-electron chi connectivity index (χ0n) is 11.0. The molecule has 0 aliphatic carbocycles. The Hall–Kier alpha value is -1.55. The summed E-state index contributed by atoms with van der Waals surface area (Å²) in [5, 5.41) is 2.84. The van der Waals surface area contributed by atoms with Crippen molar-refractivity contribution in [2.45, 2.75) is 25.9 Å². The lowest BCUT2D eigenvalue weighted by Crippen LogP contribution is -2.38. The molecule has 0 bridgehead atoms. The molecule has 0 spiro atoms. The van der Waals surface area contributed by atoms with Crippen LogP contribution in [-0.4, -0.2) is 32.3 Å². The number of hydrogen-bond donors (Lipinski definition) is 1. The molecule has 1 aromatic carbocycles. The van der Waals surface area contributed by atoms with Crippen LogP contribution in [0.25, 0.3) is 0 Å². The molecule has 4 heteroatoms. The quantitative estimate of drug-likeness (QED) is 0.719. The van der Waals surface area contributed by atoms with Crippen molar-refractivity contribution in [2.75, 3.05) is 20.3 Å². The van der Waals surface area contributed by atoms with Crippen LogP contribution in [0.5, 0.6) is 5.75 Å². The van der Waals surface area contributed by atoms with Crippen LogP contribution in [0.4, 0.5) is 0 Å². The number of amides is 1. The van der Waals surface area contributed by atoms with E-state index in [4.69, 9.17) is 9.47 Å². The Morgan fingerprint density at radius 3 is 2.67 bits per heavy atom. The number of para-hydroxylation sites is 1. The van der Waals surface area contributed by atoms with Gasteiger partial charge in [-0.1, -0.05) is 25.1 Å². The second-order valence-electron chi connectivity index (χ2n) is 3.97. The first-order chi connectivity index (χ1) is 8.77. The van der Waals surface area contributed by atoms with Gasteiger partial charge in [0.1, 0.15) is 5.75 Å². The maximum absolute atomic E-state index is 11.9. The minimum absolute atomic E-state index is 0.0718. The van der Waals surface area contributed by atoms with Crippen LogP contribution in [0.2, 0.25) is 0 Å². The maximum Gasteiger partial charge on any atom is 0.261 e. The summed E-state index contributed by atoms with van der Waals surface area (Å²) in [5.74, 6) is 0.647. The second-order valence-corrected chi connectivity index (χ2v) is 3.97. The highest BCUT2D eigenvalue weighted by molar-refractivity contribution is 5.81. The Labute approximate surface area is 108 Å². The molecule has 0 unspecified atom stereocenters. The van der Waals surface area contributed by atoms with Gasteiger partial charge in [0, 0.05) is 20.3 Å². The third-order valence-electron chi connectivity index (χ3n) is 2.51. The number of rotatable bonds is 8. The van der Waals surface area contributed by atoms with Gasteiger partial charge in [-0.2, -0.15) is 0 Å². The van der Waals surface area contributed by atoms with Gasteiger partial charge < -0.3 is 14.8 Å². The zero-order valence-corrected chi connectivity index (χ0v) is 11.0. The fourth-order valence-electron chi connectivity index (χ4n) is 1.53. The molecule has 1 N–H and O–H groups in total. The molecular formula is C14H21NO3. The van der Waals surface area contributed by atoms with Crippen LogP contribution in [0, 0.1) is 0 Å². The van der Waals surface area contributed by atoms with Crippen LogP contribution in [0.15, 0.2) is 30.3 Å². The van der Waals surface area contributed by atoms with Crippen LogP contribution in [-0.2, 0) is 9.53 Å². The van der Waals surface area contributed by atoms with E-state index in [2.05, 4.69) is 5.32 Å². The molecule has 0 aromatic heterocycles. The van der Waals surface area contributed by atoms with Crippen LogP contribution >= 0.6 is 0 Å². The largest absolute Gasteiger partial charge is 0.481 e. The first-order valence-corrected chi connectivity index (χ1v) is 6.26. The fraction of sp³-hybridized carbons (Fsp3) is 0.500. The molecule has 1 rings (SSSR count). The predicted molar refractivity (Wildman–Crippen MR) is 70.7 cm³/mol. The normalized spacial score (nSPS) is 11.9.